The van der Waals surface area contributed by atoms with Crippen molar-refractivity contribution < 1.29 is 44.0 Å². The van der Waals surface area contributed by atoms with Crippen LogP contribution in [0.1, 0.15) is 0 Å². The van der Waals surface area contributed by atoms with Crippen LogP contribution in [0, 0.1) is 21.6 Å². The Hall–Kier alpha value is 1.38. The van der Waals surface area contributed by atoms with E-state index >= 15 is 0 Å². The summed E-state index contributed by atoms with van der Waals surface area (Å²) in [7, 11) is -5.36. The Morgan fingerprint density at radius 3 is 1.12 bits per heavy atom. The standard InChI is InChI=1S/Cl2O5.Na.H/c3-1(4)7-2(5)6;;. The molecule has 0 heterocycles. The van der Waals surface area contributed by atoms with Crippen molar-refractivity contribution in [3.05, 3.63) is 0 Å². The van der Waals surface area contributed by atoms with Gasteiger partial charge in [-0.1, -0.05) is 0 Å². The van der Waals surface area contributed by atoms with Gasteiger partial charge in [-0.05, 0) is 0 Å². The van der Waals surface area contributed by atoms with Crippen LogP contribution in [0.25, 0.3) is 0 Å². The topological polar surface area (TPSA) is 101 Å². The zero-order valence-corrected chi connectivity index (χ0v) is 4.31. The summed E-state index contributed by atoms with van der Waals surface area (Å²) in [6.45, 7) is 0. The summed E-state index contributed by atoms with van der Waals surface area (Å²) in [5.41, 5.74) is 0. The molecule has 0 bridgehead atoms. The molecule has 0 spiro atoms. The average molecular weight is 175 g/mol. The van der Waals surface area contributed by atoms with Crippen molar-refractivity contribution in [2.45, 2.75) is 0 Å². The van der Waals surface area contributed by atoms with E-state index in [1.54, 1.807) is 0 Å². The molecule has 0 saturated heterocycles. The van der Waals surface area contributed by atoms with Gasteiger partial charge < -0.3 is 18.6 Å². The van der Waals surface area contributed by atoms with Gasteiger partial charge in [0.1, 0.15) is 0 Å². The summed E-state index contributed by atoms with van der Waals surface area (Å²) in [6, 6.07) is 0. The average Bonchev–Trinajstić information content (AvgIpc) is 1.27. The maximum atomic E-state index is 9.15. The number of rotatable bonds is 2. The molecule has 0 radical (unpaired) electrons. The van der Waals surface area contributed by atoms with Crippen LogP contribution in [0.3, 0.4) is 0 Å². The molecule has 0 aliphatic carbocycles. The third-order valence-electron chi connectivity index (χ3n) is 0.0952. The van der Waals surface area contributed by atoms with Gasteiger partial charge in [0.25, 0.3) is 0 Å². The van der Waals surface area contributed by atoms with Crippen LogP contribution >= 0.6 is 0 Å². The van der Waals surface area contributed by atoms with E-state index in [2.05, 4.69) is 3.84 Å². The van der Waals surface area contributed by atoms with Crippen LogP contribution < -0.4 is 18.6 Å². The molecule has 0 aromatic carbocycles. The van der Waals surface area contributed by atoms with E-state index in [4.69, 9.17) is 18.6 Å². The van der Waals surface area contributed by atoms with Crippen molar-refractivity contribution in [3.8, 4) is 0 Å². The van der Waals surface area contributed by atoms with E-state index in [0.717, 1.165) is 0 Å². The maximum Gasteiger partial charge on any atom is 0.424 e. The van der Waals surface area contributed by atoms with Gasteiger partial charge >= 0.3 is 55.0 Å². The minimum atomic E-state index is -2.68. The summed E-state index contributed by atoms with van der Waals surface area (Å²) < 4.78 is 39.6. The first-order chi connectivity index (χ1) is 3.13. The Morgan fingerprint density at radius 2 is 1.12 bits per heavy atom. The molecule has 0 rings (SSSR count). The molecule has 0 N–H and O–H groups in total. The zero-order chi connectivity index (χ0) is 5.86. The van der Waals surface area contributed by atoms with Gasteiger partial charge in [0.15, 0.2) is 0 Å². The van der Waals surface area contributed by atoms with Gasteiger partial charge in [-0.25, -0.2) is 0 Å². The van der Waals surface area contributed by atoms with Crippen molar-refractivity contribution in [3.63, 3.8) is 0 Å². The molecule has 5 nitrogen and oxygen atoms in total. The summed E-state index contributed by atoms with van der Waals surface area (Å²) in [5, 5.41) is 0. The second-order valence-electron chi connectivity index (χ2n) is 0.436. The minimum absolute atomic E-state index is 0. The zero-order valence-electron chi connectivity index (χ0n) is 2.80. The van der Waals surface area contributed by atoms with E-state index in [9.17, 15) is 0 Å². The molecule has 0 aromatic heterocycles. The van der Waals surface area contributed by atoms with E-state index < -0.39 is 21.6 Å². The molecule has 0 unspecified atom stereocenters. The molecular weight excluding hydrogens is 174 g/mol. The second-order valence-corrected chi connectivity index (χ2v) is 1.66. The van der Waals surface area contributed by atoms with Gasteiger partial charge in [0.05, 0.1) is 0 Å². The second kappa shape index (κ2) is 6.50. The van der Waals surface area contributed by atoms with Gasteiger partial charge in [0, 0.05) is 0 Å². The molecule has 8 heavy (non-hydrogen) atoms. The monoisotopic (exact) mass is 174 g/mol. The molecule has 0 aliphatic rings. The number of halogens is 2. The van der Waals surface area contributed by atoms with Crippen LogP contribution in [-0.2, 0) is 3.84 Å². The quantitative estimate of drug-likeness (QED) is 0.389. The van der Waals surface area contributed by atoms with E-state index in [1.165, 1.54) is 0 Å². The first-order valence-corrected chi connectivity index (χ1v) is 2.78. The van der Waals surface area contributed by atoms with Crippen molar-refractivity contribution in [2.24, 2.45) is 0 Å². The van der Waals surface area contributed by atoms with Gasteiger partial charge in [-0.2, -0.15) is 0 Å². The van der Waals surface area contributed by atoms with Crippen LogP contribution in [0.5, 0.6) is 0 Å². The maximum absolute atomic E-state index is 9.15. The predicted molar refractivity (Wildman–Crippen MR) is 8.23 cm³/mol. The number of hydrogen-bond donors (Lipinski definition) is 0. The molecule has 0 atom stereocenters. The Bertz CT molecular complexity index is 39.7. The Labute approximate surface area is 73.3 Å². The SMILES string of the molecule is [NaH].[O-][Cl+2]([O-])O[Cl+2]([O-])[O-]. The molecular formula is HCl2NaO5. The fourth-order valence-corrected chi connectivity index (χ4v) is 0.350. The van der Waals surface area contributed by atoms with E-state index in [1.807, 2.05) is 0 Å². The normalized spacial score (nSPS) is 9.75. The Balaban J connectivity index is 0. The molecule has 0 aromatic rings. The Kier molecular flexibility index (Phi) is 9.83. The summed E-state index contributed by atoms with van der Waals surface area (Å²) in [4.78, 5) is 0. The largest absolute Gasteiger partial charge is 0.424 e. The minimum Gasteiger partial charge on any atom is -0.311 e. The summed E-state index contributed by atoms with van der Waals surface area (Å²) >= 11 is 0. The van der Waals surface area contributed by atoms with Crippen molar-refractivity contribution in [2.75, 3.05) is 0 Å². The predicted octanol–water partition coefficient (Wildman–Crippen LogP) is -5.47. The molecule has 0 amide bonds. The fourth-order valence-electron chi connectivity index (χ4n) is 0.0389. The first-order valence-electron chi connectivity index (χ1n) is 0.926. The van der Waals surface area contributed by atoms with Crippen LogP contribution in [-0.4, -0.2) is 29.6 Å². The number of hydrogen-bond acceptors (Lipinski definition) is 5. The summed E-state index contributed by atoms with van der Waals surface area (Å²) in [6.07, 6.45) is 0. The third kappa shape index (κ3) is 10.4. The van der Waals surface area contributed by atoms with Crippen molar-refractivity contribution in [1.82, 2.24) is 0 Å². The molecule has 46 valence electrons. The fraction of sp³-hybridized carbons (Fsp3) is 0. The van der Waals surface area contributed by atoms with Gasteiger partial charge in [0.2, 0.25) is 0 Å². The molecule has 0 fully saturated rings. The smallest absolute Gasteiger partial charge is 0.311 e. The van der Waals surface area contributed by atoms with Crippen molar-refractivity contribution >= 4 is 29.6 Å². The van der Waals surface area contributed by atoms with Crippen LogP contribution in [0.4, 0.5) is 0 Å². The third-order valence-corrected chi connectivity index (χ3v) is 0.857. The molecule has 8 heteroatoms. The van der Waals surface area contributed by atoms with E-state index in [0.29, 0.717) is 0 Å². The molecule has 0 saturated carbocycles. The van der Waals surface area contributed by atoms with Gasteiger partial charge in [-0.15, -0.1) is 0 Å². The van der Waals surface area contributed by atoms with Crippen molar-refractivity contribution in [1.29, 1.82) is 0 Å². The van der Waals surface area contributed by atoms with Gasteiger partial charge in [-0.3, -0.25) is 0 Å². The Morgan fingerprint density at radius 1 is 0.875 bits per heavy atom. The van der Waals surface area contributed by atoms with Crippen LogP contribution in [0.2, 0.25) is 0 Å². The van der Waals surface area contributed by atoms with Crippen LogP contribution in [0.15, 0.2) is 0 Å². The first kappa shape index (κ1) is 12.1. The van der Waals surface area contributed by atoms with E-state index in [-0.39, 0.29) is 29.6 Å². The summed E-state index contributed by atoms with van der Waals surface area (Å²) in [5.74, 6) is 0. The molecule has 0 aliphatic heterocycles.